The minimum atomic E-state index is -2.88. The van der Waals surface area contributed by atoms with E-state index in [2.05, 4.69) is 4.74 Å². The first-order valence-electron chi connectivity index (χ1n) is 11.6. The van der Waals surface area contributed by atoms with Crippen LogP contribution in [-0.2, 0) is 19.3 Å². The van der Waals surface area contributed by atoms with Crippen molar-refractivity contribution in [2.24, 2.45) is 0 Å². The van der Waals surface area contributed by atoms with E-state index in [0.29, 0.717) is 46.7 Å². The van der Waals surface area contributed by atoms with Gasteiger partial charge in [0.2, 0.25) is 0 Å². The van der Waals surface area contributed by atoms with Gasteiger partial charge < -0.3 is 4.74 Å². The van der Waals surface area contributed by atoms with E-state index in [-0.39, 0.29) is 17.1 Å². The molecule has 0 spiro atoms. The topological polar surface area (TPSA) is 9.23 Å². The van der Waals surface area contributed by atoms with E-state index in [4.69, 9.17) is 0 Å². The highest BCUT2D eigenvalue weighted by Crippen LogP contribution is 2.32. The van der Waals surface area contributed by atoms with Crippen molar-refractivity contribution in [3.63, 3.8) is 0 Å². The molecule has 0 heterocycles. The molecule has 0 atom stereocenters. The number of alkyl halides is 2. The maximum absolute atomic E-state index is 15.2. The first kappa shape index (κ1) is 24.7. The second-order valence-electron chi connectivity index (χ2n) is 8.54. The van der Waals surface area contributed by atoms with Crippen molar-refractivity contribution in [2.45, 2.75) is 45.6 Å². The summed E-state index contributed by atoms with van der Waals surface area (Å²) < 4.78 is 73.6. The average Bonchev–Trinajstić information content (AvgIpc) is 2.82. The van der Waals surface area contributed by atoms with E-state index in [1.807, 2.05) is 6.92 Å². The predicted octanol–water partition coefficient (Wildman–Crippen LogP) is 8.65. The van der Waals surface area contributed by atoms with Gasteiger partial charge in [-0.3, -0.25) is 0 Å². The summed E-state index contributed by atoms with van der Waals surface area (Å²) in [5, 5.41) is 0.915. The molecule has 0 aliphatic rings. The van der Waals surface area contributed by atoms with Crippen LogP contribution in [-0.4, -0.2) is 6.61 Å². The molecular formula is C29H25F5O. The van der Waals surface area contributed by atoms with Crippen LogP contribution in [0.1, 0.15) is 36.5 Å². The van der Waals surface area contributed by atoms with Gasteiger partial charge in [-0.15, -0.1) is 0 Å². The summed E-state index contributed by atoms with van der Waals surface area (Å²) in [6.45, 7) is -0.863. The van der Waals surface area contributed by atoms with Crippen molar-refractivity contribution in [1.82, 2.24) is 0 Å². The van der Waals surface area contributed by atoms with Crippen molar-refractivity contribution in [3.8, 4) is 16.9 Å². The van der Waals surface area contributed by atoms with Crippen molar-refractivity contribution in [2.75, 3.05) is 0 Å². The second-order valence-corrected chi connectivity index (χ2v) is 8.54. The Labute approximate surface area is 201 Å². The number of fused-ring (bicyclic) bond motifs is 1. The zero-order chi connectivity index (χ0) is 24.9. The molecule has 182 valence electrons. The molecule has 0 unspecified atom stereocenters. The zero-order valence-electron chi connectivity index (χ0n) is 19.3. The minimum absolute atomic E-state index is 0.0694. The lowest BCUT2D eigenvalue weighted by Crippen LogP contribution is -2.02. The van der Waals surface area contributed by atoms with Gasteiger partial charge in [0.25, 0.3) is 0 Å². The summed E-state index contributed by atoms with van der Waals surface area (Å²) in [6, 6.07) is 17.0. The zero-order valence-corrected chi connectivity index (χ0v) is 19.3. The molecule has 0 saturated heterocycles. The fraction of sp³-hybridized carbons (Fsp3) is 0.241. The van der Waals surface area contributed by atoms with Gasteiger partial charge in [0.05, 0.1) is 5.56 Å². The molecule has 0 saturated carbocycles. The third-order valence-corrected chi connectivity index (χ3v) is 6.08. The largest absolute Gasteiger partial charge is 0.435 e. The van der Waals surface area contributed by atoms with Crippen molar-refractivity contribution >= 4 is 10.8 Å². The molecule has 0 radical (unpaired) electrons. The van der Waals surface area contributed by atoms with Gasteiger partial charge in [-0.2, -0.15) is 8.78 Å². The maximum Gasteiger partial charge on any atom is 0.387 e. The van der Waals surface area contributed by atoms with Crippen LogP contribution in [0.15, 0.2) is 66.7 Å². The molecule has 0 fully saturated rings. The lowest BCUT2D eigenvalue weighted by Gasteiger charge is -2.11. The number of rotatable bonds is 9. The van der Waals surface area contributed by atoms with Crippen LogP contribution in [0.2, 0.25) is 0 Å². The number of ether oxygens (including phenoxy) is 1. The highest BCUT2D eigenvalue weighted by molar-refractivity contribution is 5.88. The molecule has 0 bridgehead atoms. The van der Waals surface area contributed by atoms with E-state index in [1.165, 1.54) is 30.3 Å². The summed E-state index contributed by atoms with van der Waals surface area (Å²) in [4.78, 5) is 0. The van der Waals surface area contributed by atoms with Crippen LogP contribution < -0.4 is 4.74 Å². The SMILES string of the molecule is CCCCc1cc(F)c(-c2ccc3c(F)c(CCc4ccc(OC(F)F)cc4)ccc3c2)c(F)c1. The minimum Gasteiger partial charge on any atom is -0.435 e. The van der Waals surface area contributed by atoms with Crippen LogP contribution in [0.25, 0.3) is 21.9 Å². The van der Waals surface area contributed by atoms with Gasteiger partial charge in [0.15, 0.2) is 0 Å². The van der Waals surface area contributed by atoms with E-state index < -0.39 is 18.2 Å². The number of unbranched alkanes of at least 4 members (excludes halogenated alkanes) is 1. The number of hydrogen-bond acceptors (Lipinski definition) is 1. The Kier molecular flexibility index (Phi) is 7.69. The third kappa shape index (κ3) is 5.81. The Bertz CT molecular complexity index is 1290. The Balaban J connectivity index is 1.54. The predicted molar refractivity (Wildman–Crippen MR) is 128 cm³/mol. The Morgan fingerprint density at radius 2 is 1.46 bits per heavy atom. The Hall–Kier alpha value is -3.41. The monoisotopic (exact) mass is 484 g/mol. The quantitative estimate of drug-likeness (QED) is 0.216. The molecule has 0 aliphatic heterocycles. The molecule has 4 aromatic carbocycles. The van der Waals surface area contributed by atoms with Crippen LogP contribution in [0.4, 0.5) is 22.0 Å². The Morgan fingerprint density at radius 1 is 0.743 bits per heavy atom. The summed E-state index contributed by atoms with van der Waals surface area (Å²) in [7, 11) is 0. The van der Waals surface area contributed by atoms with Crippen LogP contribution in [0, 0.1) is 17.5 Å². The molecule has 0 aromatic heterocycles. The van der Waals surface area contributed by atoms with Crippen molar-refractivity contribution < 1.29 is 26.7 Å². The van der Waals surface area contributed by atoms with Gasteiger partial charge in [-0.25, -0.2) is 13.2 Å². The molecule has 35 heavy (non-hydrogen) atoms. The van der Waals surface area contributed by atoms with Crippen LogP contribution in [0.3, 0.4) is 0 Å². The van der Waals surface area contributed by atoms with E-state index in [0.717, 1.165) is 18.4 Å². The second kappa shape index (κ2) is 10.9. The van der Waals surface area contributed by atoms with E-state index in [9.17, 15) is 17.6 Å². The number of benzene rings is 4. The van der Waals surface area contributed by atoms with Crippen molar-refractivity contribution in [1.29, 1.82) is 0 Å². The molecule has 0 N–H and O–H groups in total. The standard InChI is InChI=1S/C29H25F5O/c1-2-3-4-19-15-25(30)27(26(31)16-19)22-11-14-24-21(17-22)10-9-20(28(24)32)8-5-18-6-12-23(13-7-18)35-29(33)34/h6-7,9-17,29H,2-5,8H2,1H3. The molecular weight excluding hydrogens is 459 g/mol. The van der Waals surface area contributed by atoms with Gasteiger partial charge in [-0.05, 0) is 83.7 Å². The fourth-order valence-electron chi connectivity index (χ4n) is 4.23. The fourth-order valence-corrected chi connectivity index (χ4v) is 4.23. The average molecular weight is 485 g/mol. The molecule has 0 aliphatic carbocycles. The summed E-state index contributed by atoms with van der Waals surface area (Å²) in [5.41, 5.74) is 2.22. The first-order chi connectivity index (χ1) is 16.9. The number of aryl methyl sites for hydroxylation is 3. The molecule has 4 rings (SSSR count). The van der Waals surface area contributed by atoms with Crippen molar-refractivity contribution in [3.05, 3.63) is 101 Å². The molecule has 0 amide bonds. The van der Waals surface area contributed by atoms with Crippen LogP contribution >= 0.6 is 0 Å². The summed E-state index contributed by atoms with van der Waals surface area (Å²) >= 11 is 0. The smallest absolute Gasteiger partial charge is 0.387 e. The normalized spacial score (nSPS) is 11.4. The van der Waals surface area contributed by atoms with Gasteiger partial charge in [-0.1, -0.05) is 49.7 Å². The molecule has 1 nitrogen and oxygen atoms in total. The Morgan fingerprint density at radius 3 is 2.11 bits per heavy atom. The third-order valence-electron chi connectivity index (χ3n) is 6.08. The van der Waals surface area contributed by atoms with Crippen LogP contribution in [0.5, 0.6) is 5.75 Å². The van der Waals surface area contributed by atoms with Gasteiger partial charge in [0, 0.05) is 5.39 Å². The summed E-state index contributed by atoms with van der Waals surface area (Å²) in [6.07, 6.45) is 3.32. The summed E-state index contributed by atoms with van der Waals surface area (Å²) in [5.74, 6) is -1.57. The van der Waals surface area contributed by atoms with E-state index >= 15 is 4.39 Å². The lowest BCUT2D eigenvalue weighted by atomic mass is 9.95. The maximum atomic E-state index is 15.2. The van der Waals surface area contributed by atoms with Gasteiger partial charge in [0.1, 0.15) is 23.2 Å². The molecule has 4 aromatic rings. The lowest BCUT2D eigenvalue weighted by molar-refractivity contribution is -0.0498. The first-order valence-corrected chi connectivity index (χ1v) is 11.6. The van der Waals surface area contributed by atoms with Gasteiger partial charge >= 0.3 is 6.61 Å². The highest BCUT2D eigenvalue weighted by atomic mass is 19.3. The number of hydrogen-bond donors (Lipinski definition) is 0. The number of halogens is 5. The highest BCUT2D eigenvalue weighted by Gasteiger charge is 2.15. The van der Waals surface area contributed by atoms with E-state index in [1.54, 1.807) is 36.4 Å². The molecule has 6 heteroatoms.